The highest BCUT2D eigenvalue weighted by Crippen LogP contribution is 2.20. The first-order valence-electron chi connectivity index (χ1n) is 9.68. The minimum absolute atomic E-state index is 0.142. The Hall–Kier alpha value is -1.98. The highest BCUT2D eigenvalue weighted by Gasteiger charge is 2.12. The van der Waals surface area contributed by atoms with Crippen molar-refractivity contribution >= 4 is 12.2 Å². The summed E-state index contributed by atoms with van der Waals surface area (Å²) >= 11 is 5.45. The number of rotatable bonds is 8. The maximum Gasteiger partial charge on any atom is 0.177 e. The molecule has 0 atom stereocenters. The summed E-state index contributed by atoms with van der Waals surface area (Å²) in [5.41, 5.74) is 5.30. The molecule has 3 nitrogen and oxygen atoms in total. The molecule has 2 N–H and O–H groups in total. The Morgan fingerprint density at radius 2 is 2.19 bits per heavy atom. The summed E-state index contributed by atoms with van der Waals surface area (Å²) in [6.07, 6.45) is 12.4. The molecule has 0 spiro atoms. The highest BCUT2D eigenvalue weighted by atomic mass is 32.1. The van der Waals surface area contributed by atoms with E-state index < -0.39 is 0 Å². The summed E-state index contributed by atoms with van der Waals surface area (Å²) in [5, 5.41) is 3.51. The molecule has 0 aliphatic heterocycles. The van der Waals surface area contributed by atoms with E-state index >= 15 is 0 Å². The zero-order valence-corrected chi connectivity index (χ0v) is 17.0. The van der Waals surface area contributed by atoms with Crippen LogP contribution in [0.2, 0.25) is 0 Å². The zero-order valence-electron chi connectivity index (χ0n) is 16.1. The van der Waals surface area contributed by atoms with E-state index in [1.165, 1.54) is 5.57 Å². The molecular formula is C22H28FN3S. The second kappa shape index (κ2) is 9.29. The second-order valence-electron chi connectivity index (χ2n) is 7.13. The molecule has 0 saturated carbocycles. The quantitative estimate of drug-likeness (QED) is 0.494. The lowest BCUT2D eigenvalue weighted by Crippen LogP contribution is -2.21. The number of H-pyrrole nitrogens is 1. The minimum Gasteiger partial charge on any atom is -0.337 e. The number of aryl methyl sites for hydroxylation is 2. The third-order valence-electron chi connectivity index (χ3n) is 5.09. The summed E-state index contributed by atoms with van der Waals surface area (Å²) in [6, 6.07) is 3.68. The van der Waals surface area contributed by atoms with Gasteiger partial charge < -0.3 is 14.9 Å². The van der Waals surface area contributed by atoms with Gasteiger partial charge in [0.25, 0.3) is 0 Å². The van der Waals surface area contributed by atoms with E-state index in [4.69, 9.17) is 12.2 Å². The summed E-state index contributed by atoms with van der Waals surface area (Å²) in [5.74, 6) is -0.142. The number of hydrogen-bond acceptors (Lipinski definition) is 2. The Morgan fingerprint density at radius 1 is 1.33 bits per heavy atom. The van der Waals surface area contributed by atoms with E-state index in [0.717, 1.165) is 61.2 Å². The minimum atomic E-state index is -0.142. The van der Waals surface area contributed by atoms with Gasteiger partial charge in [-0.15, -0.1) is 0 Å². The standard InChI is InChI=1S/C22H28FN3S/c1-3-18-11-16(2)12-21(23)20(18)15-26-19(14-25-22(26)27)9-10-24-13-17-7-5-4-6-8-17/h4-5,7,11-12,14,24H,3,6,8-10,13,15H2,1-2H3,(H,25,27). The van der Waals surface area contributed by atoms with E-state index in [9.17, 15) is 4.39 Å². The van der Waals surface area contributed by atoms with Gasteiger partial charge >= 0.3 is 0 Å². The van der Waals surface area contributed by atoms with Crippen molar-refractivity contribution in [1.29, 1.82) is 0 Å². The van der Waals surface area contributed by atoms with Crippen LogP contribution in [0.4, 0.5) is 4.39 Å². The van der Waals surface area contributed by atoms with Gasteiger partial charge in [0, 0.05) is 37.0 Å². The van der Waals surface area contributed by atoms with Gasteiger partial charge in [-0.2, -0.15) is 0 Å². The van der Waals surface area contributed by atoms with Gasteiger partial charge in [0.1, 0.15) is 5.82 Å². The van der Waals surface area contributed by atoms with Gasteiger partial charge in [-0.25, -0.2) is 4.39 Å². The van der Waals surface area contributed by atoms with Crippen molar-refractivity contribution in [3.05, 3.63) is 75.1 Å². The molecule has 1 aliphatic rings. The van der Waals surface area contributed by atoms with E-state index in [1.54, 1.807) is 6.07 Å². The number of imidazole rings is 1. The molecule has 144 valence electrons. The molecule has 1 aromatic carbocycles. The van der Waals surface area contributed by atoms with Crippen molar-refractivity contribution in [2.24, 2.45) is 0 Å². The summed E-state index contributed by atoms with van der Waals surface area (Å²) in [7, 11) is 0. The molecule has 0 radical (unpaired) electrons. The molecule has 1 aliphatic carbocycles. The molecule has 1 aromatic heterocycles. The van der Waals surface area contributed by atoms with Crippen LogP contribution in [0.15, 0.2) is 42.1 Å². The Balaban J connectivity index is 1.67. The topological polar surface area (TPSA) is 32.8 Å². The molecule has 0 bridgehead atoms. The normalized spacial score (nSPS) is 13.8. The number of hydrogen-bond donors (Lipinski definition) is 2. The fourth-order valence-electron chi connectivity index (χ4n) is 3.57. The van der Waals surface area contributed by atoms with Crippen molar-refractivity contribution in [2.45, 2.75) is 46.1 Å². The van der Waals surface area contributed by atoms with Crippen LogP contribution in [0, 0.1) is 17.5 Å². The number of nitrogens with one attached hydrogen (secondary N) is 2. The number of benzene rings is 1. The van der Waals surface area contributed by atoms with Crippen LogP contribution in [-0.2, 0) is 19.4 Å². The third kappa shape index (κ3) is 5.05. The van der Waals surface area contributed by atoms with Gasteiger partial charge in [0.05, 0.1) is 6.54 Å². The Morgan fingerprint density at radius 3 is 2.93 bits per heavy atom. The number of nitrogens with zero attached hydrogens (tertiary/aromatic N) is 1. The van der Waals surface area contributed by atoms with Crippen molar-refractivity contribution in [1.82, 2.24) is 14.9 Å². The SMILES string of the molecule is CCc1cc(C)cc(F)c1Cn1c(CCNCC2=CC=CCC2)c[nH]c1=S. The van der Waals surface area contributed by atoms with E-state index in [2.05, 4.69) is 41.5 Å². The summed E-state index contributed by atoms with van der Waals surface area (Å²) in [6.45, 7) is 6.26. The van der Waals surface area contributed by atoms with Crippen molar-refractivity contribution < 1.29 is 4.39 Å². The predicted octanol–water partition coefficient (Wildman–Crippen LogP) is 5.01. The Kier molecular flexibility index (Phi) is 6.80. The molecule has 0 fully saturated rings. The number of aromatic amines is 1. The van der Waals surface area contributed by atoms with E-state index in [1.807, 2.05) is 17.7 Å². The summed E-state index contributed by atoms with van der Waals surface area (Å²) in [4.78, 5) is 3.12. The lowest BCUT2D eigenvalue weighted by Gasteiger charge is -2.14. The van der Waals surface area contributed by atoms with Crippen LogP contribution in [0.25, 0.3) is 0 Å². The van der Waals surface area contributed by atoms with Crippen molar-refractivity contribution in [3.63, 3.8) is 0 Å². The molecule has 0 saturated heterocycles. The fraction of sp³-hybridized carbons (Fsp3) is 0.409. The van der Waals surface area contributed by atoms with Crippen LogP contribution < -0.4 is 5.32 Å². The second-order valence-corrected chi connectivity index (χ2v) is 7.51. The fourth-order valence-corrected chi connectivity index (χ4v) is 3.81. The maximum absolute atomic E-state index is 14.6. The zero-order chi connectivity index (χ0) is 19.2. The lowest BCUT2D eigenvalue weighted by molar-refractivity contribution is 0.586. The molecule has 0 amide bonds. The third-order valence-corrected chi connectivity index (χ3v) is 5.43. The monoisotopic (exact) mass is 385 g/mol. The van der Waals surface area contributed by atoms with Gasteiger partial charge in [0.15, 0.2) is 4.77 Å². The molecule has 2 aromatic rings. The molecule has 0 unspecified atom stereocenters. The van der Waals surface area contributed by atoms with Crippen LogP contribution in [-0.4, -0.2) is 22.6 Å². The van der Waals surface area contributed by atoms with E-state index in [0.29, 0.717) is 11.3 Å². The largest absolute Gasteiger partial charge is 0.337 e. The average molecular weight is 386 g/mol. The van der Waals surface area contributed by atoms with Crippen LogP contribution in [0.1, 0.15) is 42.1 Å². The van der Waals surface area contributed by atoms with Crippen LogP contribution >= 0.6 is 12.2 Å². The predicted molar refractivity (Wildman–Crippen MR) is 112 cm³/mol. The Bertz CT molecular complexity index is 905. The van der Waals surface area contributed by atoms with Gasteiger partial charge in [0.2, 0.25) is 0 Å². The van der Waals surface area contributed by atoms with Crippen molar-refractivity contribution in [2.75, 3.05) is 13.1 Å². The highest BCUT2D eigenvalue weighted by molar-refractivity contribution is 7.71. The van der Waals surface area contributed by atoms with Gasteiger partial charge in [-0.05, 0) is 55.6 Å². The molecule has 3 rings (SSSR count). The Labute approximate surface area is 166 Å². The number of allylic oxidation sites excluding steroid dienone is 3. The van der Waals surface area contributed by atoms with Crippen LogP contribution in [0.3, 0.4) is 0 Å². The lowest BCUT2D eigenvalue weighted by atomic mass is 10.0. The first-order chi connectivity index (χ1) is 13.1. The molecule has 5 heteroatoms. The van der Waals surface area contributed by atoms with E-state index in [-0.39, 0.29) is 5.82 Å². The average Bonchev–Trinajstić information content (AvgIpc) is 3.01. The molecule has 27 heavy (non-hydrogen) atoms. The molecule has 1 heterocycles. The summed E-state index contributed by atoms with van der Waals surface area (Å²) < 4.78 is 17.2. The first kappa shape index (κ1) is 19.8. The van der Waals surface area contributed by atoms with Gasteiger partial charge in [-0.1, -0.05) is 36.8 Å². The molecular weight excluding hydrogens is 357 g/mol. The van der Waals surface area contributed by atoms with Crippen molar-refractivity contribution in [3.8, 4) is 0 Å². The van der Waals surface area contributed by atoms with Crippen LogP contribution in [0.5, 0.6) is 0 Å². The number of aromatic nitrogens is 2. The first-order valence-corrected chi connectivity index (χ1v) is 10.1. The van der Waals surface area contributed by atoms with Gasteiger partial charge in [-0.3, -0.25) is 0 Å². The smallest absolute Gasteiger partial charge is 0.177 e. The maximum atomic E-state index is 14.6. The number of halogens is 1.